The zero-order chi connectivity index (χ0) is 13.8. The summed E-state index contributed by atoms with van der Waals surface area (Å²) in [6, 6.07) is 14.2. The van der Waals surface area contributed by atoms with Gasteiger partial charge in [-0.05, 0) is 43.5 Å². The van der Waals surface area contributed by atoms with Gasteiger partial charge in [-0.2, -0.15) is 0 Å². The third-order valence-corrected chi connectivity index (χ3v) is 3.44. The molecule has 1 unspecified atom stereocenters. The Hall–Kier alpha value is -1.80. The summed E-state index contributed by atoms with van der Waals surface area (Å²) < 4.78 is 5.65. The monoisotopic (exact) mass is 255 g/mol. The van der Waals surface area contributed by atoms with Crippen LogP contribution in [0.25, 0.3) is 0 Å². The number of para-hydroxylation sites is 1. The highest BCUT2D eigenvalue weighted by atomic mass is 16.5. The number of hydrogen-bond acceptors (Lipinski definition) is 2. The molecule has 0 aliphatic heterocycles. The molecular formula is C17H21NO. The Morgan fingerprint density at radius 3 is 2.47 bits per heavy atom. The quantitative estimate of drug-likeness (QED) is 0.903. The van der Waals surface area contributed by atoms with Crippen LogP contribution in [0.4, 0.5) is 0 Å². The van der Waals surface area contributed by atoms with Crippen molar-refractivity contribution in [2.75, 3.05) is 6.61 Å². The van der Waals surface area contributed by atoms with E-state index < -0.39 is 0 Å². The Labute approximate surface area is 115 Å². The van der Waals surface area contributed by atoms with Crippen LogP contribution in [-0.2, 0) is 0 Å². The Morgan fingerprint density at radius 1 is 1.05 bits per heavy atom. The molecule has 0 fully saturated rings. The molecule has 0 heterocycles. The first kappa shape index (κ1) is 13.6. The summed E-state index contributed by atoms with van der Waals surface area (Å²) in [4.78, 5) is 0. The summed E-state index contributed by atoms with van der Waals surface area (Å²) in [5, 5.41) is 0. The fourth-order valence-electron chi connectivity index (χ4n) is 2.16. The first-order chi connectivity index (χ1) is 9.13. The summed E-state index contributed by atoms with van der Waals surface area (Å²) in [5.41, 5.74) is 11.1. The highest BCUT2D eigenvalue weighted by molar-refractivity contribution is 5.43. The van der Waals surface area contributed by atoms with Gasteiger partial charge in [0.05, 0.1) is 12.6 Å². The SMILES string of the molecule is CCOc1ccccc1C(N)c1ccc(C)c(C)c1. The molecule has 100 valence electrons. The molecule has 0 bridgehead atoms. The third kappa shape index (κ3) is 2.96. The molecule has 0 spiro atoms. The normalized spacial score (nSPS) is 12.2. The van der Waals surface area contributed by atoms with Crippen molar-refractivity contribution in [1.82, 2.24) is 0 Å². The molecule has 0 aliphatic rings. The maximum absolute atomic E-state index is 6.39. The van der Waals surface area contributed by atoms with Gasteiger partial charge in [-0.25, -0.2) is 0 Å². The molecular weight excluding hydrogens is 234 g/mol. The van der Waals surface area contributed by atoms with Crippen LogP contribution >= 0.6 is 0 Å². The number of hydrogen-bond donors (Lipinski definition) is 1. The second-order valence-corrected chi connectivity index (χ2v) is 4.79. The van der Waals surface area contributed by atoms with Gasteiger partial charge >= 0.3 is 0 Å². The van der Waals surface area contributed by atoms with Crippen molar-refractivity contribution in [3.05, 3.63) is 64.7 Å². The number of benzene rings is 2. The molecule has 0 aromatic heterocycles. The van der Waals surface area contributed by atoms with Crippen molar-refractivity contribution in [3.63, 3.8) is 0 Å². The van der Waals surface area contributed by atoms with Crippen LogP contribution in [0.15, 0.2) is 42.5 Å². The first-order valence-corrected chi connectivity index (χ1v) is 6.68. The summed E-state index contributed by atoms with van der Waals surface area (Å²) in [7, 11) is 0. The van der Waals surface area contributed by atoms with Gasteiger partial charge in [0.1, 0.15) is 5.75 Å². The highest BCUT2D eigenvalue weighted by Crippen LogP contribution is 2.29. The molecule has 2 aromatic rings. The minimum atomic E-state index is -0.151. The number of rotatable bonds is 4. The van der Waals surface area contributed by atoms with Crippen molar-refractivity contribution < 1.29 is 4.74 Å². The van der Waals surface area contributed by atoms with E-state index in [0.717, 1.165) is 16.9 Å². The molecule has 2 N–H and O–H groups in total. The van der Waals surface area contributed by atoms with E-state index in [2.05, 4.69) is 32.0 Å². The second-order valence-electron chi connectivity index (χ2n) is 4.79. The minimum absolute atomic E-state index is 0.151. The van der Waals surface area contributed by atoms with Crippen molar-refractivity contribution in [3.8, 4) is 5.75 Å². The van der Waals surface area contributed by atoms with Gasteiger partial charge in [-0.1, -0.05) is 36.4 Å². The number of ether oxygens (including phenoxy) is 1. The Morgan fingerprint density at radius 2 is 1.79 bits per heavy atom. The highest BCUT2D eigenvalue weighted by Gasteiger charge is 2.14. The molecule has 0 saturated carbocycles. The smallest absolute Gasteiger partial charge is 0.124 e. The average molecular weight is 255 g/mol. The van der Waals surface area contributed by atoms with Crippen molar-refractivity contribution in [2.24, 2.45) is 5.73 Å². The van der Waals surface area contributed by atoms with E-state index in [0.29, 0.717) is 6.61 Å². The summed E-state index contributed by atoms with van der Waals surface area (Å²) in [5.74, 6) is 0.871. The summed E-state index contributed by atoms with van der Waals surface area (Å²) >= 11 is 0. The van der Waals surface area contributed by atoms with Crippen molar-refractivity contribution in [1.29, 1.82) is 0 Å². The number of aryl methyl sites for hydroxylation is 2. The molecule has 2 nitrogen and oxygen atoms in total. The van der Waals surface area contributed by atoms with Crippen LogP contribution in [0.1, 0.15) is 35.2 Å². The summed E-state index contributed by atoms with van der Waals surface area (Å²) in [6.45, 7) is 6.85. The second kappa shape index (κ2) is 5.89. The predicted octanol–water partition coefficient (Wildman–Crippen LogP) is 3.75. The Balaban J connectivity index is 2.37. The fraction of sp³-hybridized carbons (Fsp3) is 0.294. The Kier molecular flexibility index (Phi) is 4.23. The van der Waals surface area contributed by atoms with Gasteiger partial charge in [0.2, 0.25) is 0 Å². The van der Waals surface area contributed by atoms with E-state index in [1.165, 1.54) is 11.1 Å². The van der Waals surface area contributed by atoms with E-state index in [4.69, 9.17) is 10.5 Å². The van der Waals surface area contributed by atoms with Gasteiger partial charge in [-0.3, -0.25) is 0 Å². The largest absolute Gasteiger partial charge is 0.494 e. The first-order valence-electron chi connectivity index (χ1n) is 6.68. The lowest BCUT2D eigenvalue weighted by Gasteiger charge is -2.17. The van der Waals surface area contributed by atoms with E-state index in [1.807, 2.05) is 31.2 Å². The maximum atomic E-state index is 6.39. The minimum Gasteiger partial charge on any atom is -0.494 e. The van der Waals surface area contributed by atoms with Crippen LogP contribution in [0, 0.1) is 13.8 Å². The van der Waals surface area contributed by atoms with E-state index >= 15 is 0 Å². The van der Waals surface area contributed by atoms with Gasteiger partial charge in [0.15, 0.2) is 0 Å². The lowest BCUT2D eigenvalue weighted by atomic mass is 9.96. The molecule has 19 heavy (non-hydrogen) atoms. The molecule has 2 heteroatoms. The zero-order valence-corrected chi connectivity index (χ0v) is 11.8. The average Bonchev–Trinajstić information content (AvgIpc) is 2.42. The topological polar surface area (TPSA) is 35.2 Å². The van der Waals surface area contributed by atoms with Gasteiger partial charge < -0.3 is 10.5 Å². The van der Waals surface area contributed by atoms with Gasteiger partial charge in [0.25, 0.3) is 0 Å². The zero-order valence-electron chi connectivity index (χ0n) is 11.8. The molecule has 0 saturated heterocycles. The molecule has 1 atom stereocenters. The van der Waals surface area contributed by atoms with Crippen LogP contribution in [-0.4, -0.2) is 6.61 Å². The van der Waals surface area contributed by atoms with Crippen molar-refractivity contribution in [2.45, 2.75) is 26.8 Å². The summed E-state index contributed by atoms with van der Waals surface area (Å²) in [6.07, 6.45) is 0. The molecule has 0 amide bonds. The fourth-order valence-corrected chi connectivity index (χ4v) is 2.16. The van der Waals surface area contributed by atoms with Crippen LogP contribution in [0.3, 0.4) is 0 Å². The van der Waals surface area contributed by atoms with Crippen LogP contribution in [0.2, 0.25) is 0 Å². The molecule has 2 aromatic carbocycles. The van der Waals surface area contributed by atoms with E-state index in [9.17, 15) is 0 Å². The molecule has 2 rings (SSSR count). The third-order valence-electron chi connectivity index (χ3n) is 3.44. The van der Waals surface area contributed by atoms with E-state index in [-0.39, 0.29) is 6.04 Å². The number of nitrogens with two attached hydrogens (primary N) is 1. The standard InChI is InChI=1S/C17H21NO/c1-4-19-16-8-6-5-7-15(16)17(18)14-10-9-12(2)13(3)11-14/h5-11,17H,4,18H2,1-3H3. The van der Waals surface area contributed by atoms with E-state index in [1.54, 1.807) is 0 Å². The van der Waals surface area contributed by atoms with Gasteiger partial charge in [0, 0.05) is 5.56 Å². The lowest BCUT2D eigenvalue weighted by Crippen LogP contribution is -2.13. The van der Waals surface area contributed by atoms with Crippen LogP contribution in [0.5, 0.6) is 5.75 Å². The maximum Gasteiger partial charge on any atom is 0.124 e. The lowest BCUT2D eigenvalue weighted by molar-refractivity contribution is 0.335. The Bertz CT molecular complexity index is 563. The predicted molar refractivity (Wildman–Crippen MR) is 79.6 cm³/mol. The molecule has 0 radical (unpaired) electrons. The van der Waals surface area contributed by atoms with Gasteiger partial charge in [-0.15, -0.1) is 0 Å². The van der Waals surface area contributed by atoms with Crippen molar-refractivity contribution >= 4 is 0 Å². The van der Waals surface area contributed by atoms with Crippen LogP contribution < -0.4 is 10.5 Å². The molecule has 0 aliphatic carbocycles.